The molecule has 0 aliphatic heterocycles. The molecule has 0 atom stereocenters. The molecule has 0 unspecified atom stereocenters. The quantitative estimate of drug-likeness (QED) is 0.646. The van der Waals surface area contributed by atoms with Crippen LogP contribution < -0.4 is 4.90 Å². The normalized spacial score (nSPS) is 18.3. The van der Waals surface area contributed by atoms with Crippen molar-refractivity contribution in [3.05, 3.63) is 29.8 Å². The molecular weight excluding hydrogens is 182 g/mol. The lowest BCUT2D eigenvalue weighted by molar-refractivity contribution is 0.337. The van der Waals surface area contributed by atoms with Crippen LogP contribution in [0.4, 0.5) is 5.69 Å². The maximum absolute atomic E-state index is 2.46. The fraction of sp³-hybridized carbons (Fsp3) is 0.571. The first-order chi connectivity index (χ1) is 7.27. The number of hydrogen-bond acceptors (Lipinski definition) is 1. The van der Waals surface area contributed by atoms with Crippen molar-refractivity contribution in [3.63, 3.8) is 0 Å². The standard InChI is InChI=1S/C14H21N/c1-12-8-10-14(11-9-12)15(2)13-6-4-3-5-7-13/h8-11,13H,3-7H2,1-2H3/q+1. The summed E-state index contributed by atoms with van der Waals surface area (Å²) in [5.74, 6) is 0. The van der Waals surface area contributed by atoms with Crippen LogP contribution in [-0.2, 0) is 0 Å². The Kier molecular flexibility index (Phi) is 3.42. The Morgan fingerprint density at radius 3 is 2.20 bits per heavy atom. The molecule has 1 aliphatic carbocycles. The average Bonchev–Trinajstić information content (AvgIpc) is 2.30. The molecular formula is C14H21N+. The Morgan fingerprint density at radius 2 is 1.60 bits per heavy atom. The lowest BCUT2D eigenvalue weighted by Crippen LogP contribution is -2.34. The monoisotopic (exact) mass is 203 g/mol. The van der Waals surface area contributed by atoms with Crippen LogP contribution >= 0.6 is 0 Å². The molecule has 0 aromatic heterocycles. The van der Waals surface area contributed by atoms with Gasteiger partial charge in [0, 0.05) is 25.0 Å². The van der Waals surface area contributed by atoms with Gasteiger partial charge in [0.25, 0.3) is 0 Å². The summed E-state index contributed by atoms with van der Waals surface area (Å²) in [6.07, 6.45) is 6.97. The van der Waals surface area contributed by atoms with E-state index in [-0.39, 0.29) is 0 Å². The summed E-state index contributed by atoms with van der Waals surface area (Å²) in [5.41, 5.74) is 2.71. The Labute approximate surface area is 93.1 Å². The second-order valence-corrected chi connectivity index (χ2v) is 4.74. The third kappa shape index (κ3) is 2.60. The summed E-state index contributed by atoms with van der Waals surface area (Å²) in [4.78, 5) is 2.46. The van der Waals surface area contributed by atoms with Crippen molar-refractivity contribution >= 4 is 5.69 Å². The molecule has 1 heteroatoms. The van der Waals surface area contributed by atoms with E-state index in [1.807, 2.05) is 0 Å². The number of aryl methyl sites for hydroxylation is 1. The predicted octanol–water partition coefficient (Wildman–Crippen LogP) is 3.73. The minimum Gasteiger partial charge on any atom is -0.134 e. The average molecular weight is 203 g/mol. The van der Waals surface area contributed by atoms with E-state index in [0.29, 0.717) is 0 Å². The number of anilines is 1. The highest BCUT2D eigenvalue weighted by Crippen LogP contribution is 2.25. The fourth-order valence-electron chi connectivity index (χ4n) is 2.46. The summed E-state index contributed by atoms with van der Waals surface area (Å²) >= 11 is 0. The van der Waals surface area contributed by atoms with Crippen molar-refractivity contribution in [2.45, 2.75) is 45.1 Å². The van der Waals surface area contributed by atoms with E-state index in [2.05, 4.69) is 43.1 Å². The topological polar surface area (TPSA) is 5.90 Å². The molecule has 0 bridgehead atoms. The van der Waals surface area contributed by atoms with Crippen molar-refractivity contribution in [2.75, 3.05) is 7.05 Å². The Hall–Kier alpha value is -0.820. The summed E-state index contributed by atoms with van der Waals surface area (Å²) in [5, 5.41) is 0. The second-order valence-electron chi connectivity index (χ2n) is 4.74. The van der Waals surface area contributed by atoms with Crippen LogP contribution in [-0.4, -0.2) is 13.1 Å². The predicted molar refractivity (Wildman–Crippen MR) is 65.8 cm³/mol. The summed E-state index contributed by atoms with van der Waals surface area (Å²) in [6.45, 7) is 2.14. The molecule has 15 heavy (non-hydrogen) atoms. The summed E-state index contributed by atoms with van der Waals surface area (Å²) < 4.78 is 0. The highest BCUT2D eigenvalue weighted by molar-refractivity contribution is 5.40. The van der Waals surface area contributed by atoms with Gasteiger partial charge in [-0.25, -0.2) is 0 Å². The van der Waals surface area contributed by atoms with Crippen molar-refractivity contribution in [3.8, 4) is 0 Å². The third-order valence-corrected chi connectivity index (χ3v) is 3.56. The van der Waals surface area contributed by atoms with Crippen molar-refractivity contribution in [1.29, 1.82) is 0 Å². The highest BCUT2D eigenvalue weighted by Gasteiger charge is 2.27. The van der Waals surface area contributed by atoms with Gasteiger partial charge >= 0.3 is 0 Å². The Balaban J connectivity index is 2.05. The smallest absolute Gasteiger partial charge is 0.134 e. The van der Waals surface area contributed by atoms with Gasteiger partial charge in [-0.15, -0.1) is 4.90 Å². The first-order valence-electron chi connectivity index (χ1n) is 6.07. The van der Waals surface area contributed by atoms with Gasteiger partial charge < -0.3 is 0 Å². The lowest BCUT2D eigenvalue weighted by atomic mass is 9.94. The minimum atomic E-state index is 0.765. The van der Waals surface area contributed by atoms with Crippen LogP contribution in [0.25, 0.3) is 0 Å². The van der Waals surface area contributed by atoms with Gasteiger partial charge in [-0.1, -0.05) is 24.1 Å². The zero-order chi connectivity index (χ0) is 10.7. The summed E-state index contributed by atoms with van der Waals surface area (Å²) in [6, 6.07) is 9.65. The first-order valence-corrected chi connectivity index (χ1v) is 6.07. The number of nitrogens with zero attached hydrogens (tertiary/aromatic N) is 1. The molecule has 0 saturated heterocycles. The molecule has 1 saturated carbocycles. The van der Waals surface area contributed by atoms with Crippen LogP contribution in [0.15, 0.2) is 24.3 Å². The highest BCUT2D eigenvalue weighted by atomic mass is 15.1. The fourth-order valence-corrected chi connectivity index (χ4v) is 2.46. The number of hydrogen-bond donors (Lipinski definition) is 0. The van der Waals surface area contributed by atoms with Crippen LogP contribution in [0.5, 0.6) is 0 Å². The van der Waals surface area contributed by atoms with Gasteiger partial charge in [-0.2, -0.15) is 0 Å². The largest absolute Gasteiger partial charge is 0.180 e. The van der Waals surface area contributed by atoms with Crippen molar-refractivity contribution in [1.82, 2.24) is 4.90 Å². The SMILES string of the molecule is Cc1ccc([N+](C)C2CCCCC2)cc1. The van der Waals surface area contributed by atoms with E-state index in [1.165, 1.54) is 43.4 Å². The molecule has 0 N–H and O–H groups in total. The molecule has 1 fully saturated rings. The third-order valence-electron chi connectivity index (χ3n) is 3.56. The Morgan fingerprint density at radius 1 is 1.00 bits per heavy atom. The van der Waals surface area contributed by atoms with Gasteiger partial charge in [-0.3, -0.25) is 0 Å². The van der Waals surface area contributed by atoms with Crippen LogP contribution in [0.2, 0.25) is 0 Å². The zero-order valence-electron chi connectivity index (χ0n) is 9.87. The molecule has 0 amide bonds. The molecule has 1 radical (unpaired) electrons. The van der Waals surface area contributed by atoms with E-state index in [0.717, 1.165) is 6.04 Å². The molecule has 2 rings (SSSR count). The Bertz CT molecular complexity index is 296. The molecule has 81 valence electrons. The van der Waals surface area contributed by atoms with Gasteiger partial charge in [0.1, 0.15) is 13.1 Å². The van der Waals surface area contributed by atoms with E-state index in [4.69, 9.17) is 0 Å². The zero-order valence-corrected chi connectivity index (χ0v) is 9.87. The molecule has 1 nitrogen and oxygen atoms in total. The number of rotatable bonds is 2. The first kappa shape index (κ1) is 10.7. The van der Waals surface area contributed by atoms with E-state index in [9.17, 15) is 0 Å². The van der Waals surface area contributed by atoms with E-state index in [1.54, 1.807) is 0 Å². The van der Waals surface area contributed by atoms with Gasteiger partial charge in [0.15, 0.2) is 5.69 Å². The molecule has 0 spiro atoms. The van der Waals surface area contributed by atoms with E-state index < -0.39 is 0 Å². The van der Waals surface area contributed by atoms with Gasteiger partial charge in [-0.05, 0) is 19.8 Å². The van der Waals surface area contributed by atoms with Gasteiger partial charge in [0.2, 0.25) is 0 Å². The van der Waals surface area contributed by atoms with E-state index >= 15 is 0 Å². The van der Waals surface area contributed by atoms with Crippen LogP contribution in [0, 0.1) is 6.92 Å². The molecule has 1 aliphatic rings. The minimum absolute atomic E-state index is 0.765. The summed E-state index contributed by atoms with van der Waals surface area (Å²) in [7, 11) is 2.24. The second kappa shape index (κ2) is 4.80. The number of benzene rings is 1. The maximum Gasteiger partial charge on any atom is 0.180 e. The molecule has 0 heterocycles. The van der Waals surface area contributed by atoms with Crippen molar-refractivity contribution < 1.29 is 0 Å². The lowest BCUT2D eigenvalue weighted by Gasteiger charge is -2.22. The van der Waals surface area contributed by atoms with Gasteiger partial charge in [0.05, 0.1) is 0 Å². The molecule has 1 aromatic carbocycles. The molecule has 1 aromatic rings. The van der Waals surface area contributed by atoms with Crippen LogP contribution in [0.1, 0.15) is 37.7 Å². The van der Waals surface area contributed by atoms with Crippen molar-refractivity contribution in [2.24, 2.45) is 0 Å². The van der Waals surface area contributed by atoms with Crippen LogP contribution in [0.3, 0.4) is 0 Å². The maximum atomic E-state index is 2.46.